The molecule has 0 atom stereocenters. The molecule has 0 aliphatic heterocycles. The summed E-state index contributed by atoms with van der Waals surface area (Å²) in [6, 6.07) is 0. The number of hydrogen-bond acceptors (Lipinski definition) is 1. The van der Waals surface area contributed by atoms with E-state index >= 15 is 0 Å². The molecule has 0 unspecified atom stereocenters. The topological polar surface area (TPSA) is 57.5 Å². The lowest BCUT2D eigenvalue weighted by molar-refractivity contribution is 0.361. The lowest BCUT2D eigenvalue weighted by Crippen LogP contribution is -2.00. The Balaban J connectivity index is 2.31. The summed E-state index contributed by atoms with van der Waals surface area (Å²) in [4.78, 5) is 17.2. The average Bonchev–Trinajstić information content (AvgIpc) is 2.12. The van der Waals surface area contributed by atoms with Crippen molar-refractivity contribution in [3.63, 3.8) is 0 Å². The second-order valence-corrected chi connectivity index (χ2v) is 4.69. The standard InChI is InChI=1S/C6H13O3P/c7-10(8,9)5-6-3-1-2-4-6/h6H,1-5H2,(H2,7,8,9). The van der Waals surface area contributed by atoms with Gasteiger partial charge >= 0.3 is 7.60 Å². The van der Waals surface area contributed by atoms with Gasteiger partial charge in [-0.15, -0.1) is 0 Å². The largest absolute Gasteiger partial charge is 0.325 e. The molecule has 0 aromatic heterocycles. The van der Waals surface area contributed by atoms with Crippen LogP contribution in [0.25, 0.3) is 0 Å². The van der Waals surface area contributed by atoms with Gasteiger partial charge in [0, 0.05) is 0 Å². The fraction of sp³-hybridized carbons (Fsp3) is 1.00. The highest BCUT2D eigenvalue weighted by Gasteiger charge is 2.23. The molecule has 10 heavy (non-hydrogen) atoms. The van der Waals surface area contributed by atoms with Crippen molar-refractivity contribution in [1.29, 1.82) is 0 Å². The summed E-state index contributed by atoms with van der Waals surface area (Å²) < 4.78 is 10.5. The first-order valence-electron chi connectivity index (χ1n) is 3.62. The molecule has 0 saturated heterocycles. The van der Waals surface area contributed by atoms with Crippen LogP contribution < -0.4 is 0 Å². The van der Waals surface area contributed by atoms with E-state index in [1.807, 2.05) is 0 Å². The highest BCUT2D eigenvalue weighted by atomic mass is 31.2. The first-order chi connectivity index (χ1) is 4.58. The van der Waals surface area contributed by atoms with Gasteiger partial charge in [0.05, 0.1) is 6.16 Å². The SMILES string of the molecule is O=P(O)(O)CC1CCCC1. The fourth-order valence-electron chi connectivity index (χ4n) is 1.53. The van der Waals surface area contributed by atoms with Crippen molar-refractivity contribution in [2.24, 2.45) is 5.92 Å². The van der Waals surface area contributed by atoms with Gasteiger partial charge in [-0.3, -0.25) is 4.57 Å². The van der Waals surface area contributed by atoms with Gasteiger partial charge in [-0.1, -0.05) is 12.8 Å². The molecule has 1 rings (SSSR count). The minimum absolute atomic E-state index is 0.104. The minimum Gasteiger partial charge on any atom is -0.324 e. The van der Waals surface area contributed by atoms with Crippen molar-refractivity contribution in [1.82, 2.24) is 0 Å². The third-order valence-electron chi connectivity index (χ3n) is 1.97. The Morgan fingerprint density at radius 1 is 1.30 bits per heavy atom. The monoisotopic (exact) mass is 164 g/mol. The van der Waals surface area contributed by atoms with Crippen LogP contribution in [0, 0.1) is 5.92 Å². The summed E-state index contributed by atoms with van der Waals surface area (Å²) >= 11 is 0. The van der Waals surface area contributed by atoms with Crippen LogP contribution in [0.1, 0.15) is 25.7 Å². The molecule has 3 nitrogen and oxygen atoms in total. The Bertz CT molecular complexity index is 145. The molecule has 1 fully saturated rings. The van der Waals surface area contributed by atoms with Crippen molar-refractivity contribution >= 4 is 7.60 Å². The summed E-state index contributed by atoms with van der Waals surface area (Å²) in [5, 5.41) is 0. The fourth-order valence-corrected chi connectivity index (χ4v) is 2.57. The Labute approximate surface area is 60.6 Å². The Hall–Kier alpha value is 0.150. The predicted molar refractivity (Wildman–Crippen MR) is 38.9 cm³/mol. The zero-order valence-electron chi connectivity index (χ0n) is 5.86. The Morgan fingerprint density at radius 3 is 2.20 bits per heavy atom. The molecule has 1 aliphatic rings. The van der Waals surface area contributed by atoms with E-state index in [4.69, 9.17) is 9.79 Å². The van der Waals surface area contributed by atoms with Gasteiger partial charge in [-0.25, -0.2) is 0 Å². The molecule has 60 valence electrons. The second-order valence-electron chi connectivity index (χ2n) is 3.00. The van der Waals surface area contributed by atoms with Crippen LogP contribution in [0.3, 0.4) is 0 Å². The third kappa shape index (κ3) is 2.82. The van der Waals surface area contributed by atoms with E-state index in [1.165, 1.54) is 0 Å². The third-order valence-corrected chi connectivity index (χ3v) is 2.96. The predicted octanol–water partition coefficient (Wildman–Crippen LogP) is 1.35. The van der Waals surface area contributed by atoms with Crippen molar-refractivity contribution in [2.75, 3.05) is 6.16 Å². The molecular formula is C6H13O3P. The molecule has 0 aromatic rings. The molecule has 1 aliphatic carbocycles. The van der Waals surface area contributed by atoms with E-state index in [9.17, 15) is 4.57 Å². The molecule has 4 heteroatoms. The van der Waals surface area contributed by atoms with Crippen molar-refractivity contribution < 1.29 is 14.4 Å². The lowest BCUT2D eigenvalue weighted by atomic mass is 10.1. The average molecular weight is 164 g/mol. The van der Waals surface area contributed by atoms with Crippen LogP contribution in [0.15, 0.2) is 0 Å². The second kappa shape index (κ2) is 3.04. The molecular weight excluding hydrogens is 151 g/mol. The quantitative estimate of drug-likeness (QED) is 0.605. The number of rotatable bonds is 2. The Kier molecular flexibility index (Phi) is 2.50. The minimum atomic E-state index is -3.71. The lowest BCUT2D eigenvalue weighted by Gasteiger charge is -2.08. The van der Waals surface area contributed by atoms with Crippen molar-refractivity contribution in [2.45, 2.75) is 25.7 Å². The van der Waals surface area contributed by atoms with Gasteiger partial charge in [-0.05, 0) is 18.8 Å². The van der Waals surface area contributed by atoms with E-state index in [-0.39, 0.29) is 6.16 Å². The van der Waals surface area contributed by atoms with Crippen LogP contribution >= 0.6 is 7.60 Å². The molecule has 0 radical (unpaired) electrons. The summed E-state index contributed by atoms with van der Waals surface area (Å²) in [7, 11) is -3.71. The zero-order chi connectivity index (χ0) is 7.61. The molecule has 0 heterocycles. The van der Waals surface area contributed by atoms with Crippen molar-refractivity contribution in [3.05, 3.63) is 0 Å². The normalized spacial score (nSPS) is 21.8. The zero-order valence-corrected chi connectivity index (χ0v) is 6.76. The summed E-state index contributed by atoms with van der Waals surface area (Å²) in [6.07, 6.45) is 4.40. The van der Waals surface area contributed by atoms with E-state index in [1.54, 1.807) is 0 Å². The molecule has 0 aromatic carbocycles. The molecule has 1 saturated carbocycles. The highest BCUT2D eigenvalue weighted by molar-refractivity contribution is 7.51. The van der Waals surface area contributed by atoms with Crippen molar-refractivity contribution in [3.8, 4) is 0 Å². The summed E-state index contributed by atoms with van der Waals surface area (Å²) in [5.74, 6) is 0.292. The van der Waals surface area contributed by atoms with Crippen LogP contribution in [0.4, 0.5) is 0 Å². The van der Waals surface area contributed by atoms with Gasteiger partial charge < -0.3 is 9.79 Å². The summed E-state index contributed by atoms with van der Waals surface area (Å²) in [6.45, 7) is 0. The van der Waals surface area contributed by atoms with Gasteiger partial charge in [0.15, 0.2) is 0 Å². The van der Waals surface area contributed by atoms with Gasteiger partial charge in [0.2, 0.25) is 0 Å². The molecule has 0 bridgehead atoms. The number of hydrogen-bond donors (Lipinski definition) is 2. The van der Waals surface area contributed by atoms with Gasteiger partial charge in [-0.2, -0.15) is 0 Å². The smallest absolute Gasteiger partial charge is 0.324 e. The maximum atomic E-state index is 10.5. The molecule has 0 spiro atoms. The van der Waals surface area contributed by atoms with Crippen LogP contribution in [0.5, 0.6) is 0 Å². The van der Waals surface area contributed by atoms with Crippen LogP contribution in [-0.2, 0) is 4.57 Å². The highest BCUT2D eigenvalue weighted by Crippen LogP contribution is 2.41. The van der Waals surface area contributed by atoms with E-state index < -0.39 is 7.60 Å². The first-order valence-corrected chi connectivity index (χ1v) is 5.42. The van der Waals surface area contributed by atoms with E-state index in [2.05, 4.69) is 0 Å². The Morgan fingerprint density at radius 2 is 1.80 bits per heavy atom. The van der Waals surface area contributed by atoms with E-state index in [0.717, 1.165) is 25.7 Å². The summed E-state index contributed by atoms with van der Waals surface area (Å²) in [5.41, 5.74) is 0. The maximum Gasteiger partial charge on any atom is 0.325 e. The molecule has 0 amide bonds. The maximum absolute atomic E-state index is 10.5. The molecule has 2 N–H and O–H groups in total. The van der Waals surface area contributed by atoms with E-state index in [0.29, 0.717) is 5.92 Å². The van der Waals surface area contributed by atoms with Crippen LogP contribution in [0.2, 0.25) is 0 Å². The van der Waals surface area contributed by atoms with Crippen LogP contribution in [-0.4, -0.2) is 15.9 Å². The first kappa shape index (κ1) is 8.25. The van der Waals surface area contributed by atoms with Gasteiger partial charge in [0.25, 0.3) is 0 Å². The van der Waals surface area contributed by atoms with Gasteiger partial charge in [0.1, 0.15) is 0 Å².